The Hall–Kier alpha value is -0.540. The highest BCUT2D eigenvalue weighted by atomic mass is 16.5. The first-order valence-corrected chi connectivity index (χ1v) is 4.08. The van der Waals surface area contributed by atoms with Crippen molar-refractivity contribution in [3.63, 3.8) is 0 Å². The molecule has 2 aliphatic heterocycles. The van der Waals surface area contributed by atoms with Crippen molar-refractivity contribution in [2.45, 2.75) is 12.5 Å². The number of nitrogens with zero attached hydrogens (tertiary/aromatic N) is 1. The van der Waals surface area contributed by atoms with Gasteiger partial charge in [-0.2, -0.15) is 0 Å². The third-order valence-corrected chi connectivity index (χ3v) is 2.15. The van der Waals surface area contributed by atoms with Gasteiger partial charge in [0.2, 0.25) is 0 Å². The van der Waals surface area contributed by atoms with Crippen LogP contribution >= 0.6 is 0 Å². The van der Waals surface area contributed by atoms with E-state index in [9.17, 15) is 0 Å². The number of hydrogen-bond acceptors (Lipinski definition) is 3. The molecule has 1 unspecified atom stereocenters. The van der Waals surface area contributed by atoms with E-state index in [1.54, 1.807) is 0 Å². The standard InChI is InChI=1S/C8H14N2O/c1-3-9-7-10(4-1)8-2-5-11-6-8/h1,4,8-9H,2-3,5-7H2/i1D. The SMILES string of the molecule is [2H]C1=CN(C2CCOC2)CNC1. The minimum atomic E-state index is 0.484. The van der Waals surface area contributed by atoms with Crippen molar-refractivity contribution in [2.75, 3.05) is 26.4 Å². The lowest BCUT2D eigenvalue weighted by Crippen LogP contribution is -2.41. The van der Waals surface area contributed by atoms with E-state index in [1.165, 1.54) is 0 Å². The Morgan fingerprint density at radius 2 is 2.73 bits per heavy atom. The lowest BCUT2D eigenvalue weighted by atomic mass is 10.2. The predicted molar refractivity (Wildman–Crippen MR) is 43.1 cm³/mol. The summed E-state index contributed by atoms with van der Waals surface area (Å²) in [4.78, 5) is 2.17. The first-order chi connectivity index (χ1) is 5.86. The summed E-state index contributed by atoms with van der Waals surface area (Å²) < 4.78 is 12.8. The Bertz CT molecular complexity index is 189. The monoisotopic (exact) mass is 155 g/mol. The zero-order valence-corrected chi connectivity index (χ0v) is 6.55. The highest BCUT2D eigenvalue weighted by Crippen LogP contribution is 2.12. The van der Waals surface area contributed by atoms with E-state index in [0.29, 0.717) is 18.6 Å². The molecule has 2 rings (SSSR count). The molecule has 0 amide bonds. The second-order valence-electron chi connectivity index (χ2n) is 2.95. The normalized spacial score (nSPS) is 33.5. The van der Waals surface area contributed by atoms with Crippen LogP contribution < -0.4 is 5.32 Å². The maximum Gasteiger partial charge on any atom is 0.0682 e. The maximum atomic E-state index is 7.48. The molecule has 1 N–H and O–H groups in total. The molecular weight excluding hydrogens is 140 g/mol. The van der Waals surface area contributed by atoms with Crippen LogP contribution in [0.3, 0.4) is 0 Å². The fourth-order valence-corrected chi connectivity index (χ4v) is 1.48. The molecule has 3 nitrogen and oxygen atoms in total. The molecule has 0 aromatic carbocycles. The first kappa shape index (κ1) is 6.03. The second-order valence-corrected chi connectivity index (χ2v) is 2.95. The molecule has 1 fully saturated rings. The van der Waals surface area contributed by atoms with Crippen molar-refractivity contribution in [1.82, 2.24) is 10.2 Å². The minimum absolute atomic E-state index is 0.484. The molecule has 0 bridgehead atoms. The molecule has 1 saturated heterocycles. The maximum absolute atomic E-state index is 7.48. The highest BCUT2D eigenvalue weighted by Gasteiger charge is 2.20. The lowest BCUT2D eigenvalue weighted by molar-refractivity contribution is 0.162. The Balaban J connectivity index is 1.97. The van der Waals surface area contributed by atoms with Crippen LogP contribution in [0.1, 0.15) is 7.79 Å². The van der Waals surface area contributed by atoms with E-state index in [-0.39, 0.29) is 0 Å². The number of nitrogens with one attached hydrogen (secondary N) is 1. The summed E-state index contributed by atoms with van der Waals surface area (Å²) in [6, 6.07) is 1.14. The van der Waals surface area contributed by atoms with E-state index >= 15 is 0 Å². The fraction of sp³-hybridized carbons (Fsp3) is 0.750. The summed E-state index contributed by atoms with van der Waals surface area (Å²) >= 11 is 0. The van der Waals surface area contributed by atoms with Crippen molar-refractivity contribution in [3.05, 3.63) is 12.3 Å². The van der Waals surface area contributed by atoms with Crippen molar-refractivity contribution < 1.29 is 6.11 Å². The van der Waals surface area contributed by atoms with Gasteiger partial charge in [0.05, 0.1) is 20.7 Å². The zero-order valence-electron chi connectivity index (χ0n) is 7.55. The molecule has 2 aliphatic rings. The van der Waals surface area contributed by atoms with E-state index in [4.69, 9.17) is 6.11 Å². The van der Waals surface area contributed by atoms with Gasteiger partial charge in [-0.05, 0) is 12.6 Å². The summed E-state index contributed by atoms with van der Waals surface area (Å²) in [5, 5.41) is 3.18. The topological polar surface area (TPSA) is 24.5 Å². The molecule has 3 heteroatoms. The largest absolute Gasteiger partial charge is 0.379 e. The summed E-state index contributed by atoms with van der Waals surface area (Å²) in [5.74, 6) is 0. The zero-order chi connectivity index (χ0) is 8.39. The minimum Gasteiger partial charge on any atom is -0.379 e. The smallest absolute Gasteiger partial charge is 0.0682 e. The Morgan fingerprint density at radius 3 is 3.45 bits per heavy atom. The van der Waals surface area contributed by atoms with Gasteiger partial charge in [0, 0.05) is 13.2 Å². The molecule has 1 atom stereocenters. The molecule has 2 heterocycles. The van der Waals surface area contributed by atoms with Crippen molar-refractivity contribution in [1.29, 1.82) is 0 Å². The molecule has 62 valence electrons. The Kier molecular flexibility index (Phi) is 1.77. The number of rotatable bonds is 1. The number of hydrogen-bond donors (Lipinski definition) is 1. The van der Waals surface area contributed by atoms with Gasteiger partial charge in [-0.25, -0.2) is 0 Å². The van der Waals surface area contributed by atoms with Crippen LogP contribution in [0.15, 0.2) is 12.3 Å². The van der Waals surface area contributed by atoms with Crippen LogP contribution in [-0.4, -0.2) is 37.4 Å². The van der Waals surface area contributed by atoms with E-state index < -0.39 is 0 Å². The number of ether oxygens (including phenoxy) is 1. The van der Waals surface area contributed by atoms with Crippen LogP contribution in [0.2, 0.25) is 0 Å². The molecule has 0 aromatic rings. The molecule has 0 saturated carbocycles. The summed E-state index contributed by atoms with van der Waals surface area (Å²) in [7, 11) is 0. The van der Waals surface area contributed by atoms with Crippen molar-refractivity contribution in [2.24, 2.45) is 0 Å². The van der Waals surface area contributed by atoms with Crippen LogP contribution in [-0.2, 0) is 4.74 Å². The van der Waals surface area contributed by atoms with Gasteiger partial charge in [-0.3, -0.25) is 5.32 Å². The highest BCUT2D eigenvalue weighted by molar-refractivity contribution is 4.92. The van der Waals surface area contributed by atoms with E-state index in [1.807, 2.05) is 6.20 Å². The molecular formula is C8H14N2O. The van der Waals surface area contributed by atoms with Crippen LogP contribution in [0.25, 0.3) is 0 Å². The second kappa shape index (κ2) is 3.24. The van der Waals surface area contributed by atoms with Crippen LogP contribution in [0, 0.1) is 0 Å². The van der Waals surface area contributed by atoms with Gasteiger partial charge in [-0.15, -0.1) is 0 Å². The fourth-order valence-electron chi connectivity index (χ4n) is 1.48. The summed E-state index contributed by atoms with van der Waals surface area (Å²) in [5.41, 5.74) is 0. The van der Waals surface area contributed by atoms with Gasteiger partial charge >= 0.3 is 0 Å². The third kappa shape index (κ3) is 1.54. The molecule has 11 heavy (non-hydrogen) atoms. The Labute approximate surface area is 68.4 Å². The van der Waals surface area contributed by atoms with Gasteiger partial charge in [0.25, 0.3) is 0 Å². The van der Waals surface area contributed by atoms with Crippen LogP contribution in [0.4, 0.5) is 0 Å². The molecule has 0 spiro atoms. The molecule has 0 aromatic heterocycles. The summed E-state index contributed by atoms with van der Waals surface area (Å²) in [6.45, 7) is 3.23. The predicted octanol–water partition coefficient (Wildman–Crippen LogP) is 0.152. The van der Waals surface area contributed by atoms with Gasteiger partial charge in [0.15, 0.2) is 0 Å². The molecule has 0 radical (unpaired) electrons. The quantitative estimate of drug-likeness (QED) is 0.583. The average Bonchev–Trinajstić information content (AvgIpc) is 2.56. The van der Waals surface area contributed by atoms with Crippen LogP contribution in [0.5, 0.6) is 0 Å². The van der Waals surface area contributed by atoms with Crippen molar-refractivity contribution >= 4 is 0 Å². The van der Waals surface area contributed by atoms with E-state index in [0.717, 1.165) is 26.3 Å². The molecule has 0 aliphatic carbocycles. The average molecular weight is 155 g/mol. The van der Waals surface area contributed by atoms with Crippen molar-refractivity contribution in [3.8, 4) is 0 Å². The van der Waals surface area contributed by atoms with Gasteiger partial charge in [-0.1, -0.05) is 6.05 Å². The summed E-state index contributed by atoms with van der Waals surface area (Å²) in [6.07, 6.45) is 3.02. The van der Waals surface area contributed by atoms with E-state index in [2.05, 4.69) is 10.2 Å². The van der Waals surface area contributed by atoms with Gasteiger partial charge in [0.1, 0.15) is 0 Å². The third-order valence-electron chi connectivity index (χ3n) is 2.15. The first-order valence-electron chi connectivity index (χ1n) is 4.58. The lowest BCUT2D eigenvalue weighted by Gasteiger charge is -2.29. The Morgan fingerprint density at radius 1 is 1.73 bits per heavy atom. The van der Waals surface area contributed by atoms with Gasteiger partial charge < -0.3 is 9.64 Å².